The average Bonchev–Trinajstić information content (AvgIpc) is 2.51. The topological polar surface area (TPSA) is 49.8 Å². The molecule has 1 unspecified atom stereocenters. The highest BCUT2D eigenvalue weighted by Crippen LogP contribution is 2.18. The molecule has 0 amide bonds. The molecule has 0 spiro atoms. The van der Waals surface area contributed by atoms with Crippen LogP contribution in [-0.4, -0.2) is 48.3 Å². The number of aliphatic hydroxyl groups is 1. The number of carbonyl (C=O) groups excluding carboxylic acids is 1. The van der Waals surface area contributed by atoms with E-state index in [0.29, 0.717) is 12.5 Å². The van der Waals surface area contributed by atoms with E-state index < -0.39 is 0 Å². The molecule has 88 valence electrons. The summed E-state index contributed by atoms with van der Waals surface area (Å²) in [5.41, 5.74) is 0. The standard InChI is InChI=1S/C11H21NO3/c1-9(2)15-11(14)8-12-5-3-10(7-12)4-6-13/h9-10,13H,3-8H2,1-2H3. The zero-order chi connectivity index (χ0) is 11.3. The second-order valence-corrected chi connectivity index (χ2v) is 4.44. The molecule has 1 atom stereocenters. The Balaban J connectivity index is 2.20. The third-order valence-electron chi connectivity index (χ3n) is 2.63. The number of rotatable bonds is 5. The van der Waals surface area contributed by atoms with Crippen molar-refractivity contribution in [3.8, 4) is 0 Å². The summed E-state index contributed by atoms with van der Waals surface area (Å²) in [6, 6.07) is 0. The van der Waals surface area contributed by atoms with Crippen molar-refractivity contribution in [3.63, 3.8) is 0 Å². The van der Waals surface area contributed by atoms with Crippen molar-refractivity contribution in [2.45, 2.75) is 32.8 Å². The van der Waals surface area contributed by atoms with Gasteiger partial charge in [0, 0.05) is 13.2 Å². The van der Waals surface area contributed by atoms with Gasteiger partial charge in [0.05, 0.1) is 12.6 Å². The molecule has 1 N–H and O–H groups in total. The lowest BCUT2D eigenvalue weighted by molar-refractivity contribution is -0.148. The zero-order valence-corrected chi connectivity index (χ0v) is 9.61. The largest absolute Gasteiger partial charge is 0.462 e. The van der Waals surface area contributed by atoms with Crippen LogP contribution in [0.5, 0.6) is 0 Å². The molecule has 1 aliphatic rings. The molecule has 1 aliphatic heterocycles. The Morgan fingerprint density at radius 2 is 2.33 bits per heavy atom. The molecule has 1 fully saturated rings. The molecule has 0 aliphatic carbocycles. The third-order valence-corrected chi connectivity index (χ3v) is 2.63. The molecular weight excluding hydrogens is 194 g/mol. The van der Waals surface area contributed by atoms with Gasteiger partial charge >= 0.3 is 5.97 Å². The van der Waals surface area contributed by atoms with Crippen LogP contribution in [-0.2, 0) is 9.53 Å². The second kappa shape index (κ2) is 6.08. The highest BCUT2D eigenvalue weighted by molar-refractivity contribution is 5.71. The first-order valence-corrected chi connectivity index (χ1v) is 5.64. The van der Waals surface area contributed by atoms with Crippen LogP contribution in [0.3, 0.4) is 0 Å². The van der Waals surface area contributed by atoms with Gasteiger partial charge in [0.15, 0.2) is 0 Å². The van der Waals surface area contributed by atoms with Gasteiger partial charge in [0.25, 0.3) is 0 Å². The Kier molecular flexibility index (Phi) is 5.05. The number of hydrogen-bond acceptors (Lipinski definition) is 4. The van der Waals surface area contributed by atoms with Gasteiger partial charge in [-0.1, -0.05) is 0 Å². The number of aliphatic hydroxyl groups excluding tert-OH is 1. The van der Waals surface area contributed by atoms with Crippen molar-refractivity contribution >= 4 is 5.97 Å². The molecule has 4 heteroatoms. The second-order valence-electron chi connectivity index (χ2n) is 4.44. The molecule has 0 saturated carbocycles. The Labute approximate surface area is 91.2 Å². The van der Waals surface area contributed by atoms with Crippen LogP contribution in [0.2, 0.25) is 0 Å². The third kappa shape index (κ3) is 4.62. The molecule has 0 aromatic heterocycles. The Morgan fingerprint density at radius 1 is 1.60 bits per heavy atom. The number of likely N-dealkylation sites (tertiary alicyclic amines) is 1. The maximum absolute atomic E-state index is 11.4. The first-order valence-electron chi connectivity index (χ1n) is 5.64. The Bertz CT molecular complexity index is 206. The van der Waals surface area contributed by atoms with Gasteiger partial charge in [0.2, 0.25) is 0 Å². The van der Waals surface area contributed by atoms with Gasteiger partial charge in [-0.25, -0.2) is 0 Å². The van der Waals surface area contributed by atoms with E-state index in [-0.39, 0.29) is 18.7 Å². The monoisotopic (exact) mass is 215 g/mol. The van der Waals surface area contributed by atoms with E-state index in [4.69, 9.17) is 9.84 Å². The van der Waals surface area contributed by atoms with Gasteiger partial charge in [-0.3, -0.25) is 9.69 Å². The molecule has 1 rings (SSSR count). The van der Waals surface area contributed by atoms with Crippen LogP contribution in [0, 0.1) is 5.92 Å². The fourth-order valence-electron chi connectivity index (χ4n) is 1.96. The zero-order valence-electron chi connectivity index (χ0n) is 9.61. The first kappa shape index (κ1) is 12.5. The maximum atomic E-state index is 11.4. The van der Waals surface area contributed by atoms with Crippen molar-refractivity contribution in [2.24, 2.45) is 5.92 Å². The average molecular weight is 215 g/mol. The smallest absolute Gasteiger partial charge is 0.320 e. The lowest BCUT2D eigenvalue weighted by Gasteiger charge is -2.16. The number of carbonyl (C=O) groups is 1. The number of ether oxygens (including phenoxy) is 1. The number of esters is 1. The number of nitrogens with zero attached hydrogens (tertiary/aromatic N) is 1. The van der Waals surface area contributed by atoms with Crippen molar-refractivity contribution < 1.29 is 14.6 Å². The highest BCUT2D eigenvalue weighted by Gasteiger charge is 2.24. The summed E-state index contributed by atoms with van der Waals surface area (Å²) < 4.78 is 5.08. The predicted octanol–water partition coefficient (Wildman–Crippen LogP) is 0.642. The van der Waals surface area contributed by atoms with E-state index in [1.54, 1.807) is 0 Å². The van der Waals surface area contributed by atoms with E-state index in [1.165, 1.54) is 0 Å². The Morgan fingerprint density at radius 3 is 2.93 bits per heavy atom. The normalized spacial score (nSPS) is 22.3. The van der Waals surface area contributed by atoms with Crippen LogP contribution < -0.4 is 0 Å². The van der Waals surface area contributed by atoms with E-state index in [9.17, 15) is 4.79 Å². The highest BCUT2D eigenvalue weighted by atomic mass is 16.5. The SMILES string of the molecule is CC(C)OC(=O)CN1CCC(CCO)C1. The van der Waals surface area contributed by atoms with Crippen LogP contribution in [0.4, 0.5) is 0 Å². The summed E-state index contributed by atoms with van der Waals surface area (Å²) in [7, 11) is 0. The molecule has 4 nitrogen and oxygen atoms in total. The maximum Gasteiger partial charge on any atom is 0.320 e. The first-order chi connectivity index (χ1) is 7.11. The van der Waals surface area contributed by atoms with Crippen molar-refractivity contribution in [1.29, 1.82) is 0 Å². The Hall–Kier alpha value is -0.610. The number of hydrogen-bond donors (Lipinski definition) is 1. The van der Waals surface area contributed by atoms with Crippen LogP contribution >= 0.6 is 0 Å². The van der Waals surface area contributed by atoms with Crippen LogP contribution in [0.15, 0.2) is 0 Å². The van der Waals surface area contributed by atoms with E-state index >= 15 is 0 Å². The molecular formula is C11H21NO3. The summed E-state index contributed by atoms with van der Waals surface area (Å²) in [6.45, 7) is 6.20. The van der Waals surface area contributed by atoms with Crippen molar-refractivity contribution in [2.75, 3.05) is 26.2 Å². The summed E-state index contributed by atoms with van der Waals surface area (Å²) in [4.78, 5) is 13.5. The van der Waals surface area contributed by atoms with Gasteiger partial charge in [-0.05, 0) is 39.2 Å². The molecule has 0 aromatic carbocycles. The molecule has 1 saturated heterocycles. The van der Waals surface area contributed by atoms with Crippen LogP contribution in [0.1, 0.15) is 26.7 Å². The minimum absolute atomic E-state index is 0.0339. The fourth-order valence-corrected chi connectivity index (χ4v) is 1.96. The van der Waals surface area contributed by atoms with E-state index in [1.807, 2.05) is 13.8 Å². The summed E-state index contributed by atoms with van der Waals surface area (Å²) in [5, 5.41) is 8.80. The van der Waals surface area contributed by atoms with Crippen molar-refractivity contribution in [1.82, 2.24) is 4.90 Å². The lowest BCUT2D eigenvalue weighted by Crippen LogP contribution is -2.30. The van der Waals surface area contributed by atoms with Gasteiger partial charge in [-0.2, -0.15) is 0 Å². The minimum Gasteiger partial charge on any atom is -0.462 e. The molecule has 0 radical (unpaired) electrons. The van der Waals surface area contributed by atoms with Crippen LogP contribution in [0.25, 0.3) is 0 Å². The van der Waals surface area contributed by atoms with Gasteiger partial charge in [0.1, 0.15) is 0 Å². The van der Waals surface area contributed by atoms with E-state index in [0.717, 1.165) is 25.9 Å². The van der Waals surface area contributed by atoms with Crippen molar-refractivity contribution in [3.05, 3.63) is 0 Å². The quantitative estimate of drug-likeness (QED) is 0.684. The van der Waals surface area contributed by atoms with E-state index in [2.05, 4.69) is 4.90 Å². The molecule has 0 aromatic rings. The van der Waals surface area contributed by atoms with Gasteiger partial charge in [-0.15, -0.1) is 0 Å². The lowest BCUT2D eigenvalue weighted by atomic mass is 10.1. The molecule has 1 heterocycles. The molecule has 15 heavy (non-hydrogen) atoms. The fraction of sp³-hybridized carbons (Fsp3) is 0.909. The van der Waals surface area contributed by atoms with Gasteiger partial charge < -0.3 is 9.84 Å². The molecule has 0 bridgehead atoms. The predicted molar refractivity (Wildman–Crippen MR) is 57.5 cm³/mol. The summed E-state index contributed by atoms with van der Waals surface area (Å²) >= 11 is 0. The summed E-state index contributed by atoms with van der Waals surface area (Å²) in [5.74, 6) is 0.400. The minimum atomic E-state index is -0.144. The summed E-state index contributed by atoms with van der Waals surface area (Å²) in [6.07, 6.45) is 1.89.